The van der Waals surface area contributed by atoms with Crippen LogP contribution in [0.1, 0.15) is 21.6 Å². The second-order valence-corrected chi connectivity index (χ2v) is 6.21. The fraction of sp³-hybridized carbons (Fsp3) is 0.158. The standard InChI is InChI=1S/C19H18N2O2S/c1-14-13-24-19(20-14)21(17-6-4-3-5-7-17)18(22)16-10-8-15(9-11-16)12-23-2/h3-11,13H,12H2,1-2H3. The topological polar surface area (TPSA) is 42.4 Å². The summed E-state index contributed by atoms with van der Waals surface area (Å²) >= 11 is 1.46. The number of thiazole rings is 1. The highest BCUT2D eigenvalue weighted by molar-refractivity contribution is 7.14. The molecule has 0 unspecified atom stereocenters. The molecule has 0 fully saturated rings. The van der Waals surface area contributed by atoms with Gasteiger partial charge in [0.05, 0.1) is 18.0 Å². The lowest BCUT2D eigenvalue weighted by Gasteiger charge is -2.20. The first-order valence-corrected chi connectivity index (χ1v) is 8.46. The Hall–Kier alpha value is -2.50. The second-order valence-electron chi connectivity index (χ2n) is 5.38. The van der Waals surface area contributed by atoms with Crippen LogP contribution in [0, 0.1) is 6.92 Å². The van der Waals surface area contributed by atoms with Crippen LogP contribution in [-0.2, 0) is 11.3 Å². The van der Waals surface area contributed by atoms with Crippen molar-refractivity contribution in [3.05, 3.63) is 76.8 Å². The van der Waals surface area contributed by atoms with Gasteiger partial charge >= 0.3 is 0 Å². The number of aromatic nitrogens is 1. The Morgan fingerprint density at radius 2 is 1.83 bits per heavy atom. The van der Waals surface area contributed by atoms with E-state index in [0.29, 0.717) is 17.3 Å². The summed E-state index contributed by atoms with van der Waals surface area (Å²) in [7, 11) is 1.65. The summed E-state index contributed by atoms with van der Waals surface area (Å²) in [4.78, 5) is 19.2. The normalized spacial score (nSPS) is 10.6. The van der Waals surface area contributed by atoms with Crippen molar-refractivity contribution in [2.24, 2.45) is 0 Å². The lowest BCUT2D eigenvalue weighted by Crippen LogP contribution is -2.25. The Kier molecular flexibility index (Phi) is 5.03. The third-order valence-electron chi connectivity index (χ3n) is 3.53. The van der Waals surface area contributed by atoms with Gasteiger partial charge in [0.15, 0.2) is 5.13 Å². The number of rotatable bonds is 5. The number of anilines is 2. The zero-order valence-electron chi connectivity index (χ0n) is 13.6. The van der Waals surface area contributed by atoms with Gasteiger partial charge in [0.2, 0.25) is 0 Å². The first kappa shape index (κ1) is 16.4. The molecule has 5 heteroatoms. The second kappa shape index (κ2) is 7.38. The third kappa shape index (κ3) is 3.53. The maximum atomic E-state index is 13.1. The number of carbonyl (C=O) groups excluding carboxylic acids is 1. The molecule has 0 spiro atoms. The average molecular weight is 338 g/mol. The predicted molar refractivity (Wildman–Crippen MR) is 96.9 cm³/mol. The molecule has 24 heavy (non-hydrogen) atoms. The average Bonchev–Trinajstić information content (AvgIpc) is 3.03. The zero-order valence-corrected chi connectivity index (χ0v) is 14.4. The molecule has 3 aromatic rings. The summed E-state index contributed by atoms with van der Waals surface area (Å²) in [5.41, 5.74) is 3.36. The van der Waals surface area contributed by atoms with Crippen molar-refractivity contribution < 1.29 is 9.53 Å². The third-order valence-corrected chi connectivity index (χ3v) is 4.47. The van der Waals surface area contributed by atoms with Crippen LogP contribution in [0.15, 0.2) is 60.0 Å². The number of carbonyl (C=O) groups is 1. The molecule has 0 aliphatic carbocycles. The molecule has 3 rings (SSSR count). The molecule has 2 aromatic carbocycles. The van der Waals surface area contributed by atoms with E-state index in [1.54, 1.807) is 12.0 Å². The number of aryl methyl sites for hydroxylation is 1. The first-order valence-electron chi connectivity index (χ1n) is 7.58. The molecular weight excluding hydrogens is 320 g/mol. The van der Waals surface area contributed by atoms with Gasteiger partial charge in [0, 0.05) is 18.1 Å². The SMILES string of the molecule is COCc1ccc(C(=O)N(c2ccccc2)c2nc(C)cs2)cc1. The number of para-hydroxylation sites is 1. The molecule has 0 aliphatic rings. The highest BCUT2D eigenvalue weighted by atomic mass is 32.1. The Balaban J connectivity index is 1.97. The van der Waals surface area contributed by atoms with E-state index in [4.69, 9.17) is 4.74 Å². The molecule has 1 heterocycles. The van der Waals surface area contributed by atoms with Crippen molar-refractivity contribution >= 4 is 28.1 Å². The monoisotopic (exact) mass is 338 g/mol. The van der Waals surface area contributed by atoms with E-state index < -0.39 is 0 Å². The Bertz CT molecular complexity index is 813. The van der Waals surface area contributed by atoms with E-state index in [1.807, 2.05) is 66.9 Å². The van der Waals surface area contributed by atoms with Gasteiger partial charge in [0.1, 0.15) is 0 Å². The van der Waals surface area contributed by atoms with Crippen molar-refractivity contribution in [1.82, 2.24) is 4.98 Å². The van der Waals surface area contributed by atoms with Gasteiger partial charge < -0.3 is 4.74 Å². The van der Waals surface area contributed by atoms with Crippen molar-refractivity contribution in [3.63, 3.8) is 0 Å². The van der Waals surface area contributed by atoms with Gasteiger partial charge in [-0.05, 0) is 36.8 Å². The van der Waals surface area contributed by atoms with Crippen LogP contribution in [0.3, 0.4) is 0 Å². The predicted octanol–water partition coefficient (Wildman–Crippen LogP) is 4.58. The number of amides is 1. The fourth-order valence-electron chi connectivity index (χ4n) is 2.38. The van der Waals surface area contributed by atoms with E-state index in [9.17, 15) is 4.79 Å². The number of methoxy groups -OCH3 is 1. The highest BCUT2D eigenvalue weighted by Crippen LogP contribution is 2.30. The summed E-state index contributed by atoms with van der Waals surface area (Å²) in [6.45, 7) is 2.45. The molecule has 0 atom stereocenters. The van der Waals surface area contributed by atoms with Crippen molar-refractivity contribution in [1.29, 1.82) is 0 Å². The molecule has 0 saturated heterocycles. The summed E-state index contributed by atoms with van der Waals surface area (Å²) in [6, 6.07) is 17.1. The lowest BCUT2D eigenvalue weighted by molar-refractivity contribution is 0.0999. The molecule has 0 radical (unpaired) electrons. The van der Waals surface area contributed by atoms with E-state index >= 15 is 0 Å². The summed E-state index contributed by atoms with van der Waals surface area (Å²) < 4.78 is 5.11. The Labute approximate surface area is 145 Å². The van der Waals surface area contributed by atoms with Gasteiger partial charge in [-0.1, -0.05) is 30.3 Å². The molecule has 1 amide bonds. The minimum Gasteiger partial charge on any atom is -0.380 e. The van der Waals surface area contributed by atoms with Crippen LogP contribution >= 0.6 is 11.3 Å². The molecule has 122 valence electrons. The van der Waals surface area contributed by atoms with Crippen molar-refractivity contribution in [2.75, 3.05) is 12.0 Å². The Morgan fingerprint density at radius 1 is 1.12 bits per heavy atom. The van der Waals surface area contributed by atoms with Crippen LogP contribution < -0.4 is 4.90 Å². The van der Waals surface area contributed by atoms with Crippen LogP contribution in [-0.4, -0.2) is 18.0 Å². The van der Waals surface area contributed by atoms with Gasteiger partial charge in [-0.2, -0.15) is 0 Å². The molecular formula is C19H18N2O2S. The summed E-state index contributed by atoms with van der Waals surface area (Å²) in [5, 5.41) is 2.62. The molecule has 0 N–H and O–H groups in total. The van der Waals surface area contributed by atoms with Crippen LogP contribution in [0.5, 0.6) is 0 Å². The summed E-state index contributed by atoms with van der Waals surface area (Å²) in [6.07, 6.45) is 0. The van der Waals surface area contributed by atoms with Crippen LogP contribution in [0.2, 0.25) is 0 Å². The Morgan fingerprint density at radius 3 is 2.42 bits per heavy atom. The quantitative estimate of drug-likeness (QED) is 0.684. The minimum absolute atomic E-state index is 0.0977. The van der Waals surface area contributed by atoms with Crippen molar-refractivity contribution in [3.8, 4) is 0 Å². The first-order chi connectivity index (χ1) is 11.7. The van der Waals surface area contributed by atoms with E-state index in [0.717, 1.165) is 16.9 Å². The van der Waals surface area contributed by atoms with E-state index in [2.05, 4.69) is 4.98 Å². The van der Waals surface area contributed by atoms with Gasteiger partial charge in [0.25, 0.3) is 5.91 Å². The number of nitrogens with zero attached hydrogens (tertiary/aromatic N) is 2. The molecule has 0 bridgehead atoms. The molecule has 0 aliphatic heterocycles. The smallest absolute Gasteiger partial charge is 0.264 e. The van der Waals surface area contributed by atoms with Gasteiger partial charge in [-0.25, -0.2) is 4.98 Å². The number of hydrogen-bond acceptors (Lipinski definition) is 4. The molecule has 4 nitrogen and oxygen atoms in total. The summed E-state index contributed by atoms with van der Waals surface area (Å²) in [5.74, 6) is -0.0977. The van der Waals surface area contributed by atoms with Crippen molar-refractivity contribution in [2.45, 2.75) is 13.5 Å². The zero-order chi connectivity index (χ0) is 16.9. The van der Waals surface area contributed by atoms with Gasteiger partial charge in [-0.15, -0.1) is 11.3 Å². The number of benzene rings is 2. The van der Waals surface area contributed by atoms with Crippen LogP contribution in [0.4, 0.5) is 10.8 Å². The largest absolute Gasteiger partial charge is 0.380 e. The molecule has 0 saturated carbocycles. The number of hydrogen-bond donors (Lipinski definition) is 0. The molecule has 1 aromatic heterocycles. The van der Waals surface area contributed by atoms with E-state index in [1.165, 1.54) is 11.3 Å². The lowest BCUT2D eigenvalue weighted by atomic mass is 10.1. The fourth-order valence-corrected chi connectivity index (χ4v) is 3.19. The number of ether oxygens (including phenoxy) is 1. The maximum Gasteiger partial charge on any atom is 0.264 e. The highest BCUT2D eigenvalue weighted by Gasteiger charge is 2.22. The van der Waals surface area contributed by atoms with Crippen LogP contribution in [0.25, 0.3) is 0 Å². The van der Waals surface area contributed by atoms with Gasteiger partial charge in [-0.3, -0.25) is 9.69 Å². The maximum absolute atomic E-state index is 13.1. The minimum atomic E-state index is -0.0977. The van der Waals surface area contributed by atoms with E-state index in [-0.39, 0.29) is 5.91 Å².